The molecular weight excluding hydrogens is 387 g/mol. The molecule has 5 heteroatoms. The van der Waals surface area contributed by atoms with E-state index in [1.165, 1.54) is 25.7 Å². The molecule has 0 aliphatic heterocycles. The molecule has 0 bridgehead atoms. The number of hydrogen-bond acceptors (Lipinski definition) is 3. The minimum absolute atomic E-state index is 0.516. The first-order valence-electron chi connectivity index (χ1n) is 7.01. The van der Waals surface area contributed by atoms with E-state index in [0.717, 1.165) is 21.4 Å². The average molecular weight is 403 g/mol. The van der Waals surface area contributed by atoms with Crippen molar-refractivity contribution in [2.75, 3.05) is 0 Å². The summed E-state index contributed by atoms with van der Waals surface area (Å²) < 4.78 is 6.73. The van der Waals surface area contributed by atoms with Crippen LogP contribution >= 0.6 is 34.2 Å². The molecule has 1 fully saturated rings. The fourth-order valence-electron chi connectivity index (χ4n) is 2.70. The van der Waals surface area contributed by atoms with Crippen LogP contribution in [0.1, 0.15) is 50.0 Å². The number of nitrogens with zero attached hydrogens (tertiary/aromatic N) is 2. The van der Waals surface area contributed by atoms with Crippen molar-refractivity contribution in [3.8, 4) is 11.6 Å². The lowest BCUT2D eigenvalue weighted by atomic mass is 10.0. The molecule has 1 aliphatic rings. The molecule has 106 valence electrons. The maximum absolute atomic E-state index is 6.29. The number of aryl methyl sites for hydroxylation is 1. The van der Waals surface area contributed by atoms with Crippen LogP contribution in [0.15, 0.2) is 16.5 Å². The molecule has 3 rings (SSSR count). The number of halogens is 2. The second-order valence-electron chi connectivity index (χ2n) is 5.14. The highest BCUT2D eigenvalue weighted by molar-refractivity contribution is 14.1. The Morgan fingerprint density at radius 2 is 2.05 bits per heavy atom. The standard InChI is InChI=1S/C15H16ClIN2O/c1-2-10-7-8-11(20-10)15-18-13(9-5-3-4-6-9)12(17)14(16)19-15/h7-9H,2-6H2,1H3. The first kappa shape index (κ1) is 14.3. The zero-order valence-corrected chi connectivity index (χ0v) is 14.2. The Hall–Kier alpha value is -0.620. The summed E-state index contributed by atoms with van der Waals surface area (Å²) in [6.07, 6.45) is 5.81. The molecule has 1 saturated carbocycles. The van der Waals surface area contributed by atoms with Crippen LogP contribution in [0.4, 0.5) is 0 Å². The molecule has 0 aromatic carbocycles. The first-order valence-corrected chi connectivity index (χ1v) is 8.46. The summed E-state index contributed by atoms with van der Waals surface area (Å²) in [6.45, 7) is 2.06. The van der Waals surface area contributed by atoms with Gasteiger partial charge in [-0.1, -0.05) is 31.4 Å². The lowest BCUT2D eigenvalue weighted by Gasteiger charge is -2.12. The van der Waals surface area contributed by atoms with Crippen molar-refractivity contribution < 1.29 is 4.42 Å². The van der Waals surface area contributed by atoms with Gasteiger partial charge in [-0.3, -0.25) is 0 Å². The number of hydrogen-bond donors (Lipinski definition) is 0. The van der Waals surface area contributed by atoms with Gasteiger partial charge in [0.25, 0.3) is 0 Å². The average Bonchev–Trinajstić information content (AvgIpc) is 3.11. The monoisotopic (exact) mass is 402 g/mol. The van der Waals surface area contributed by atoms with Gasteiger partial charge in [-0.15, -0.1) is 0 Å². The van der Waals surface area contributed by atoms with E-state index in [1.54, 1.807) is 0 Å². The Morgan fingerprint density at radius 3 is 2.70 bits per heavy atom. The summed E-state index contributed by atoms with van der Waals surface area (Å²) in [5.41, 5.74) is 1.09. The van der Waals surface area contributed by atoms with E-state index in [0.29, 0.717) is 22.7 Å². The molecule has 0 spiro atoms. The van der Waals surface area contributed by atoms with Crippen molar-refractivity contribution in [3.05, 3.63) is 32.3 Å². The summed E-state index contributed by atoms with van der Waals surface area (Å²) in [5, 5.41) is 0.534. The highest BCUT2D eigenvalue weighted by Gasteiger charge is 2.24. The molecular formula is C15H16ClIN2O. The van der Waals surface area contributed by atoms with Gasteiger partial charge < -0.3 is 4.42 Å². The van der Waals surface area contributed by atoms with Gasteiger partial charge in [-0.05, 0) is 47.6 Å². The van der Waals surface area contributed by atoms with E-state index < -0.39 is 0 Å². The van der Waals surface area contributed by atoms with Crippen LogP contribution in [0.25, 0.3) is 11.6 Å². The Labute approximate surface area is 137 Å². The Morgan fingerprint density at radius 1 is 1.30 bits per heavy atom. The van der Waals surface area contributed by atoms with Gasteiger partial charge in [0.15, 0.2) is 11.6 Å². The molecule has 2 heterocycles. The summed E-state index contributed by atoms with van der Waals surface area (Å²) >= 11 is 8.54. The quantitative estimate of drug-likeness (QED) is 0.522. The maximum atomic E-state index is 6.29. The van der Waals surface area contributed by atoms with E-state index >= 15 is 0 Å². The van der Waals surface area contributed by atoms with Crippen molar-refractivity contribution >= 4 is 34.2 Å². The summed E-state index contributed by atoms with van der Waals surface area (Å²) in [6, 6.07) is 3.90. The molecule has 0 N–H and O–H groups in total. The van der Waals surface area contributed by atoms with E-state index in [4.69, 9.17) is 21.0 Å². The van der Waals surface area contributed by atoms with E-state index in [1.807, 2.05) is 12.1 Å². The molecule has 0 amide bonds. The first-order chi connectivity index (χ1) is 9.69. The molecule has 20 heavy (non-hydrogen) atoms. The Bertz CT molecular complexity index is 620. The fraction of sp³-hybridized carbons (Fsp3) is 0.467. The molecule has 0 unspecified atom stereocenters. The zero-order chi connectivity index (χ0) is 14.1. The minimum Gasteiger partial charge on any atom is -0.458 e. The normalized spacial score (nSPS) is 15.9. The minimum atomic E-state index is 0.516. The van der Waals surface area contributed by atoms with Crippen LogP contribution in [-0.4, -0.2) is 9.97 Å². The third-order valence-corrected chi connectivity index (χ3v) is 5.46. The molecule has 0 atom stereocenters. The van der Waals surface area contributed by atoms with Gasteiger partial charge in [-0.2, -0.15) is 0 Å². The van der Waals surface area contributed by atoms with Crippen molar-refractivity contribution in [2.45, 2.75) is 44.9 Å². The van der Waals surface area contributed by atoms with Crippen molar-refractivity contribution in [2.24, 2.45) is 0 Å². The number of furan rings is 1. The van der Waals surface area contributed by atoms with Crippen molar-refractivity contribution in [1.82, 2.24) is 9.97 Å². The summed E-state index contributed by atoms with van der Waals surface area (Å²) in [7, 11) is 0. The fourth-order valence-corrected chi connectivity index (χ4v) is 3.56. The van der Waals surface area contributed by atoms with Crippen LogP contribution < -0.4 is 0 Å². The van der Waals surface area contributed by atoms with Gasteiger partial charge in [0, 0.05) is 12.3 Å². The highest BCUT2D eigenvalue weighted by Crippen LogP contribution is 2.37. The van der Waals surface area contributed by atoms with Crippen LogP contribution in [0.2, 0.25) is 5.15 Å². The molecule has 2 aromatic heterocycles. The third-order valence-electron chi connectivity index (χ3n) is 3.81. The SMILES string of the molecule is CCc1ccc(-c2nc(Cl)c(I)c(C3CCCC3)n2)o1. The van der Waals surface area contributed by atoms with E-state index in [9.17, 15) is 0 Å². The van der Waals surface area contributed by atoms with Crippen molar-refractivity contribution in [3.63, 3.8) is 0 Å². The van der Waals surface area contributed by atoms with Gasteiger partial charge in [-0.25, -0.2) is 9.97 Å². The van der Waals surface area contributed by atoms with Crippen LogP contribution in [0.5, 0.6) is 0 Å². The topological polar surface area (TPSA) is 38.9 Å². The summed E-state index contributed by atoms with van der Waals surface area (Å²) in [4.78, 5) is 9.11. The molecule has 0 saturated heterocycles. The second kappa shape index (κ2) is 6.02. The van der Waals surface area contributed by atoms with Crippen LogP contribution in [0.3, 0.4) is 0 Å². The van der Waals surface area contributed by atoms with E-state index in [-0.39, 0.29) is 0 Å². The molecule has 0 radical (unpaired) electrons. The van der Waals surface area contributed by atoms with Gasteiger partial charge in [0.2, 0.25) is 0 Å². The zero-order valence-electron chi connectivity index (χ0n) is 11.3. The third kappa shape index (κ3) is 2.72. The van der Waals surface area contributed by atoms with Crippen LogP contribution in [0, 0.1) is 3.57 Å². The molecule has 1 aliphatic carbocycles. The molecule has 2 aromatic rings. The predicted octanol–water partition coefficient (Wildman–Crippen LogP) is 5.21. The largest absolute Gasteiger partial charge is 0.458 e. The molecule has 3 nitrogen and oxygen atoms in total. The predicted molar refractivity (Wildman–Crippen MR) is 88.0 cm³/mol. The smallest absolute Gasteiger partial charge is 0.197 e. The second-order valence-corrected chi connectivity index (χ2v) is 6.57. The highest BCUT2D eigenvalue weighted by atomic mass is 127. The van der Waals surface area contributed by atoms with Crippen molar-refractivity contribution in [1.29, 1.82) is 0 Å². The van der Waals surface area contributed by atoms with Gasteiger partial charge >= 0.3 is 0 Å². The van der Waals surface area contributed by atoms with E-state index in [2.05, 4.69) is 34.5 Å². The Kier molecular flexibility index (Phi) is 4.31. The lowest BCUT2D eigenvalue weighted by Crippen LogP contribution is -2.04. The number of aromatic nitrogens is 2. The van der Waals surface area contributed by atoms with Crippen LogP contribution in [-0.2, 0) is 6.42 Å². The number of rotatable bonds is 3. The Balaban J connectivity index is 2.03. The maximum Gasteiger partial charge on any atom is 0.197 e. The lowest BCUT2D eigenvalue weighted by molar-refractivity contribution is 0.524. The summed E-state index contributed by atoms with van der Waals surface area (Å²) in [5.74, 6) is 2.78. The van der Waals surface area contributed by atoms with Gasteiger partial charge in [0.05, 0.1) is 9.26 Å². The van der Waals surface area contributed by atoms with Gasteiger partial charge in [0.1, 0.15) is 10.9 Å².